The van der Waals surface area contributed by atoms with Gasteiger partial charge in [-0.1, -0.05) is 83.3 Å². The van der Waals surface area contributed by atoms with Crippen LogP contribution in [0.4, 0.5) is 0 Å². The molecule has 0 spiro atoms. The molecule has 0 amide bonds. The van der Waals surface area contributed by atoms with Gasteiger partial charge in [-0.2, -0.15) is 0 Å². The first-order valence-corrected chi connectivity index (χ1v) is 12.4. The molecule has 7 N–H and O–H groups in total. The lowest BCUT2D eigenvalue weighted by Gasteiger charge is -2.39. The molecule has 1 aliphatic heterocycles. The highest BCUT2D eigenvalue weighted by atomic mass is 16.7. The van der Waals surface area contributed by atoms with Crippen LogP contribution in [0.1, 0.15) is 84.0 Å². The monoisotopic (exact) mass is 461 g/mol. The van der Waals surface area contributed by atoms with E-state index < -0.39 is 49.5 Å². The summed E-state index contributed by atoms with van der Waals surface area (Å²) in [6.45, 7) is 1.60. The van der Waals surface area contributed by atoms with Crippen molar-refractivity contribution < 1.29 is 35.0 Å². The van der Waals surface area contributed by atoms with Crippen LogP contribution < -0.4 is 5.73 Å². The second-order valence-electron chi connectivity index (χ2n) is 8.94. The first-order chi connectivity index (χ1) is 15.4. The average molecular weight is 462 g/mol. The van der Waals surface area contributed by atoms with E-state index in [1.54, 1.807) is 6.08 Å². The summed E-state index contributed by atoms with van der Waals surface area (Å²) in [6.07, 6.45) is 11.1. The second kappa shape index (κ2) is 17.8. The average Bonchev–Trinajstić information content (AvgIpc) is 2.79. The molecule has 1 saturated heterocycles. The Labute approximate surface area is 193 Å². The maximum absolute atomic E-state index is 10.2. The molecule has 8 nitrogen and oxygen atoms in total. The standard InChI is InChI=1S/C24H47NO7/c1-2-3-4-5-6-7-8-9-10-11-12-13-14-15-19(27)18(25)17-31-24-23(30)22(29)21(28)20(16-26)32-24/h14-15,18-24,26-30H,2-13,16-17,25H2,1H3/b15-14+/t18-,19+,20+,21-,22-,23+,24+/m0/s1. The van der Waals surface area contributed by atoms with Crippen molar-refractivity contribution in [2.75, 3.05) is 13.2 Å². The molecule has 8 heteroatoms. The Bertz CT molecular complexity index is 477. The molecule has 0 aromatic heterocycles. The van der Waals surface area contributed by atoms with E-state index in [-0.39, 0.29) is 6.61 Å². The van der Waals surface area contributed by atoms with Gasteiger partial charge >= 0.3 is 0 Å². The lowest BCUT2D eigenvalue weighted by molar-refractivity contribution is -0.302. The number of hydrogen-bond acceptors (Lipinski definition) is 8. The van der Waals surface area contributed by atoms with Crippen LogP contribution in [0.25, 0.3) is 0 Å². The van der Waals surface area contributed by atoms with Crippen LogP contribution in [0.5, 0.6) is 0 Å². The highest BCUT2D eigenvalue weighted by Gasteiger charge is 2.44. The number of nitrogens with two attached hydrogens (primary N) is 1. The van der Waals surface area contributed by atoms with E-state index in [1.807, 2.05) is 6.08 Å². The number of allylic oxidation sites excluding steroid dienone is 1. The van der Waals surface area contributed by atoms with Gasteiger partial charge in [0.1, 0.15) is 24.4 Å². The molecule has 0 aliphatic carbocycles. The van der Waals surface area contributed by atoms with Crippen molar-refractivity contribution >= 4 is 0 Å². The highest BCUT2D eigenvalue weighted by Crippen LogP contribution is 2.22. The van der Waals surface area contributed by atoms with Gasteiger partial charge in [0, 0.05) is 0 Å². The number of ether oxygens (including phenoxy) is 2. The van der Waals surface area contributed by atoms with Crippen LogP contribution in [0.3, 0.4) is 0 Å². The molecule has 0 unspecified atom stereocenters. The van der Waals surface area contributed by atoms with Gasteiger partial charge in [-0.3, -0.25) is 0 Å². The van der Waals surface area contributed by atoms with Crippen LogP contribution in [0.2, 0.25) is 0 Å². The quantitative estimate of drug-likeness (QED) is 0.134. The van der Waals surface area contributed by atoms with Gasteiger partial charge in [-0.25, -0.2) is 0 Å². The summed E-state index contributed by atoms with van der Waals surface area (Å²) < 4.78 is 10.6. The van der Waals surface area contributed by atoms with E-state index in [1.165, 1.54) is 64.2 Å². The number of aliphatic hydroxyl groups is 5. The summed E-state index contributed by atoms with van der Waals surface area (Å²) in [5.74, 6) is 0. The van der Waals surface area contributed by atoms with Gasteiger partial charge in [0.15, 0.2) is 6.29 Å². The minimum atomic E-state index is -1.50. The molecule has 0 saturated carbocycles. The fourth-order valence-corrected chi connectivity index (χ4v) is 3.81. The first-order valence-electron chi connectivity index (χ1n) is 12.4. The van der Waals surface area contributed by atoms with Crippen LogP contribution in [-0.2, 0) is 9.47 Å². The van der Waals surface area contributed by atoms with Gasteiger partial charge < -0.3 is 40.7 Å². The largest absolute Gasteiger partial charge is 0.394 e. The number of unbranched alkanes of at least 4 members (excludes halogenated alkanes) is 11. The Balaban J connectivity index is 2.10. The molecule has 0 bridgehead atoms. The Morgan fingerprint density at radius 3 is 2.00 bits per heavy atom. The van der Waals surface area contributed by atoms with Crippen molar-refractivity contribution in [1.29, 1.82) is 0 Å². The predicted molar refractivity (Wildman–Crippen MR) is 124 cm³/mol. The predicted octanol–water partition coefficient (Wildman–Crippen LogP) is 1.75. The molecule has 32 heavy (non-hydrogen) atoms. The van der Waals surface area contributed by atoms with Gasteiger partial charge in [-0.05, 0) is 12.8 Å². The fourth-order valence-electron chi connectivity index (χ4n) is 3.81. The number of hydrogen-bond donors (Lipinski definition) is 6. The van der Waals surface area contributed by atoms with Crippen molar-refractivity contribution in [3.8, 4) is 0 Å². The number of aliphatic hydroxyl groups excluding tert-OH is 5. The minimum Gasteiger partial charge on any atom is -0.394 e. The van der Waals surface area contributed by atoms with Gasteiger partial charge in [-0.15, -0.1) is 0 Å². The van der Waals surface area contributed by atoms with Gasteiger partial charge in [0.05, 0.1) is 25.4 Å². The SMILES string of the molecule is CCCCCCCCCCCCC/C=C/[C@@H](O)[C@@H](N)CO[C@@H]1O[C@H](CO)[C@H](O)[C@H](O)[C@H]1O. The summed E-state index contributed by atoms with van der Waals surface area (Å²) in [5, 5.41) is 48.8. The van der Waals surface area contributed by atoms with Crippen LogP contribution >= 0.6 is 0 Å². The minimum absolute atomic E-state index is 0.118. The molecule has 0 aromatic carbocycles. The van der Waals surface area contributed by atoms with Crippen molar-refractivity contribution in [3.63, 3.8) is 0 Å². The van der Waals surface area contributed by atoms with E-state index in [9.17, 15) is 25.5 Å². The summed E-state index contributed by atoms with van der Waals surface area (Å²) in [7, 11) is 0. The molecule has 0 aromatic rings. The highest BCUT2D eigenvalue weighted by molar-refractivity contribution is 4.94. The zero-order valence-corrected chi connectivity index (χ0v) is 19.7. The third kappa shape index (κ3) is 11.5. The Morgan fingerprint density at radius 1 is 0.875 bits per heavy atom. The van der Waals surface area contributed by atoms with E-state index in [4.69, 9.17) is 15.2 Å². The lowest BCUT2D eigenvalue weighted by Crippen LogP contribution is -2.59. The van der Waals surface area contributed by atoms with E-state index in [0.717, 1.165) is 12.8 Å². The zero-order chi connectivity index (χ0) is 23.8. The molecule has 7 atom stereocenters. The van der Waals surface area contributed by atoms with Crippen molar-refractivity contribution in [1.82, 2.24) is 0 Å². The maximum Gasteiger partial charge on any atom is 0.186 e. The summed E-state index contributed by atoms with van der Waals surface area (Å²) in [5.41, 5.74) is 5.93. The third-order valence-electron chi connectivity index (χ3n) is 6.05. The Morgan fingerprint density at radius 2 is 1.44 bits per heavy atom. The molecular weight excluding hydrogens is 414 g/mol. The Kier molecular flexibility index (Phi) is 16.4. The first kappa shape index (κ1) is 29.5. The van der Waals surface area contributed by atoms with E-state index >= 15 is 0 Å². The maximum atomic E-state index is 10.2. The molecule has 1 aliphatic rings. The van der Waals surface area contributed by atoms with Crippen molar-refractivity contribution in [2.45, 2.75) is 127 Å². The van der Waals surface area contributed by atoms with Crippen molar-refractivity contribution in [2.24, 2.45) is 5.73 Å². The Hall–Kier alpha value is -0.580. The zero-order valence-electron chi connectivity index (χ0n) is 19.7. The topological polar surface area (TPSA) is 146 Å². The summed E-state index contributed by atoms with van der Waals surface area (Å²) >= 11 is 0. The smallest absolute Gasteiger partial charge is 0.186 e. The normalized spacial score (nSPS) is 28.3. The summed E-state index contributed by atoms with van der Waals surface area (Å²) in [6, 6.07) is -0.740. The number of rotatable bonds is 18. The third-order valence-corrected chi connectivity index (χ3v) is 6.05. The molecule has 1 rings (SSSR count). The molecule has 190 valence electrons. The van der Waals surface area contributed by atoms with Gasteiger partial charge in [0.25, 0.3) is 0 Å². The van der Waals surface area contributed by atoms with Crippen LogP contribution in [0.15, 0.2) is 12.2 Å². The second-order valence-corrected chi connectivity index (χ2v) is 8.94. The lowest BCUT2D eigenvalue weighted by atomic mass is 9.99. The summed E-state index contributed by atoms with van der Waals surface area (Å²) in [4.78, 5) is 0. The molecule has 1 fully saturated rings. The van der Waals surface area contributed by atoms with E-state index in [2.05, 4.69) is 6.92 Å². The van der Waals surface area contributed by atoms with Gasteiger partial charge in [0.2, 0.25) is 0 Å². The molecule has 1 heterocycles. The van der Waals surface area contributed by atoms with E-state index in [0.29, 0.717) is 0 Å². The van der Waals surface area contributed by atoms with Crippen LogP contribution in [-0.4, -0.2) is 81.6 Å². The fraction of sp³-hybridized carbons (Fsp3) is 0.917. The molecule has 0 radical (unpaired) electrons. The van der Waals surface area contributed by atoms with Crippen molar-refractivity contribution in [3.05, 3.63) is 12.2 Å². The molecular formula is C24H47NO7. The van der Waals surface area contributed by atoms with Crippen LogP contribution in [0, 0.1) is 0 Å².